The van der Waals surface area contributed by atoms with Gasteiger partial charge in [0, 0.05) is 6.20 Å². The van der Waals surface area contributed by atoms with E-state index >= 15 is 0 Å². The number of nitrogens with zero attached hydrogens (tertiary/aromatic N) is 1. The smallest absolute Gasteiger partial charge is 0.342 e. The molecule has 7 heteroatoms. The van der Waals surface area contributed by atoms with E-state index in [9.17, 15) is 9.18 Å². The second kappa shape index (κ2) is 7.42. The van der Waals surface area contributed by atoms with Crippen molar-refractivity contribution in [1.29, 1.82) is 0 Å². The topological polar surface area (TPSA) is 65.2 Å². The zero-order chi connectivity index (χ0) is 12.1. The van der Waals surface area contributed by atoms with E-state index in [1.807, 2.05) is 0 Å². The van der Waals surface area contributed by atoms with Crippen LogP contribution in [-0.2, 0) is 9.53 Å². The molecular formula is C10H13Cl2FN2O2. The maximum Gasteiger partial charge on any atom is 0.342 e. The zero-order valence-corrected chi connectivity index (χ0v) is 10.7. The number of alkyl halides is 1. The highest BCUT2D eigenvalue weighted by Gasteiger charge is 2.27. The summed E-state index contributed by atoms with van der Waals surface area (Å²) in [6.07, 6.45) is -0.568. The first-order chi connectivity index (χ1) is 7.56. The number of hydrogen-bond acceptors (Lipinski definition) is 4. The summed E-state index contributed by atoms with van der Waals surface area (Å²) in [5, 5.41) is 0.280. The minimum Gasteiger partial charge on any atom is -0.464 e. The SMILES string of the molecule is CCOC(=O)C(F)[C@H](N)c1ccc(Cl)nc1.Cl. The van der Waals surface area contributed by atoms with E-state index in [-0.39, 0.29) is 24.2 Å². The highest BCUT2D eigenvalue weighted by molar-refractivity contribution is 6.29. The number of nitrogens with two attached hydrogens (primary N) is 1. The fourth-order valence-corrected chi connectivity index (χ4v) is 1.23. The maximum absolute atomic E-state index is 13.5. The summed E-state index contributed by atoms with van der Waals surface area (Å²) in [6.45, 7) is 1.71. The highest BCUT2D eigenvalue weighted by Crippen LogP contribution is 2.18. The molecule has 1 aromatic rings. The van der Waals surface area contributed by atoms with Gasteiger partial charge in [-0.1, -0.05) is 17.7 Å². The molecule has 0 aliphatic heterocycles. The van der Waals surface area contributed by atoms with Crippen LogP contribution in [-0.4, -0.2) is 23.7 Å². The molecule has 1 unspecified atom stereocenters. The number of carbonyl (C=O) groups excluding carboxylic acids is 1. The number of halogens is 3. The van der Waals surface area contributed by atoms with Crippen molar-refractivity contribution in [2.24, 2.45) is 5.73 Å². The molecule has 0 saturated heterocycles. The van der Waals surface area contributed by atoms with E-state index in [2.05, 4.69) is 9.72 Å². The van der Waals surface area contributed by atoms with Crippen LogP contribution in [0.1, 0.15) is 18.5 Å². The summed E-state index contributed by atoms with van der Waals surface area (Å²) in [4.78, 5) is 14.9. The average Bonchev–Trinajstić information content (AvgIpc) is 2.28. The van der Waals surface area contributed by atoms with E-state index in [0.717, 1.165) is 0 Å². The van der Waals surface area contributed by atoms with Crippen molar-refractivity contribution < 1.29 is 13.9 Å². The summed E-state index contributed by atoms with van der Waals surface area (Å²) in [5.74, 6) is -0.968. The Hall–Kier alpha value is -0.910. The molecule has 0 aliphatic rings. The first kappa shape index (κ1) is 16.1. The number of aromatic nitrogens is 1. The van der Waals surface area contributed by atoms with Crippen molar-refractivity contribution in [2.75, 3.05) is 6.61 Å². The van der Waals surface area contributed by atoms with Gasteiger partial charge in [-0.05, 0) is 18.6 Å². The Morgan fingerprint density at radius 3 is 2.76 bits per heavy atom. The van der Waals surface area contributed by atoms with Crippen LogP contribution in [0.5, 0.6) is 0 Å². The van der Waals surface area contributed by atoms with Gasteiger partial charge in [0.25, 0.3) is 0 Å². The second-order valence-corrected chi connectivity index (χ2v) is 3.48. The lowest BCUT2D eigenvalue weighted by molar-refractivity contribution is -0.149. The van der Waals surface area contributed by atoms with E-state index in [0.29, 0.717) is 5.56 Å². The fourth-order valence-electron chi connectivity index (χ4n) is 1.12. The van der Waals surface area contributed by atoms with Crippen LogP contribution in [0.3, 0.4) is 0 Å². The standard InChI is InChI=1S/C10H12ClFN2O2.ClH/c1-2-16-10(15)8(12)9(13)6-3-4-7(11)14-5-6;/h3-5,8-9H,2,13H2,1H3;1H/t8?,9-;/m1./s1. The van der Waals surface area contributed by atoms with Crippen LogP contribution < -0.4 is 5.73 Å². The molecule has 0 radical (unpaired) electrons. The number of carbonyl (C=O) groups is 1. The second-order valence-electron chi connectivity index (χ2n) is 3.09. The minimum atomic E-state index is -1.90. The van der Waals surface area contributed by atoms with Crippen molar-refractivity contribution >= 4 is 30.0 Å². The number of hydrogen-bond donors (Lipinski definition) is 1. The Labute approximate surface area is 110 Å². The van der Waals surface area contributed by atoms with E-state index in [4.69, 9.17) is 17.3 Å². The fraction of sp³-hybridized carbons (Fsp3) is 0.400. The van der Waals surface area contributed by atoms with Crippen LogP contribution in [0.25, 0.3) is 0 Å². The Balaban J connectivity index is 0.00000256. The lowest BCUT2D eigenvalue weighted by Crippen LogP contribution is -2.31. The first-order valence-corrected chi connectivity index (χ1v) is 5.11. The first-order valence-electron chi connectivity index (χ1n) is 4.74. The molecule has 0 fully saturated rings. The lowest BCUT2D eigenvalue weighted by atomic mass is 10.1. The number of ether oxygens (including phenoxy) is 1. The monoisotopic (exact) mass is 282 g/mol. The summed E-state index contributed by atoms with van der Waals surface area (Å²) in [6, 6.07) is 1.91. The molecular weight excluding hydrogens is 270 g/mol. The average molecular weight is 283 g/mol. The molecule has 0 saturated carbocycles. The van der Waals surface area contributed by atoms with Gasteiger partial charge in [0.15, 0.2) is 0 Å². The van der Waals surface area contributed by atoms with Crippen LogP contribution in [0.4, 0.5) is 4.39 Å². The quantitative estimate of drug-likeness (QED) is 0.678. The molecule has 0 bridgehead atoms. The van der Waals surface area contributed by atoms with Crippen molar-refractivity contribution in [3.8, 4) is 0 Å². The summed E-state index contributed by atoms with van der Waals surface area (Å²) in [5.41, 5.74) is 5.95. The summed E-state index contributed by atoms with van der Waals surface area (Å²) in [7, 11) is 0. The van der Waals surface area contributed by atoms with E-state index in [1.54, 1.807) is 6.92 Å². The summed E-state index contributed by atoms with van der Waals surface area (Å²) < 4.78 is 18.0. The largest absolute Gasteiger partial charge is 0.464 e. The van der Waals surface area contributed by atoms with Gasteiger partial charge in [-0.25, -0.2) is 14.2 Å². The highest BCUT2D eigenvalue weighted by atomic mass is 35.5. The van der Waals surface area contributed by atoms with Crippen LogP contribution in [0.15, 0.2) is 18.3 Å². The molecule has 0 amide bonds. The van der Waals surface area contributed by atoms with Crippen molar-refractivity contribution in [1.82, 2.24) is 4.98 Å². The van der Waals surface area contributed by atoms with Gasteiger partial charge in [-0.3, -0.25) is 0 Å². The van der Waals surface area contributed by atoms with Gasteiger partial charge >= 0.3 is 5.97 Å². The molecule has 17 heavy (non-hydrogen) atoms. The Morgan fingerprint density at radius 1 is 1.65 bits per heavy atom. The van der Waals surface area contributed by atoms with Gasteiger partial charge in [0.05, 0.1) is 12.6 Å². The van der Waals surface area contributed by atoms with Crippen LogP contribution >= 0.6 is 24.0 Å². The van der Waals surface area contributed by atoms with Crippen LogP contribution in [0, 0.1) is 0 Å². The van der Waals surface area contributed by atoms with E-state index < -0.39 is 18.2 Å². The zero-order valence-electron chi connectivity index (χ0n) is 9.10. The van der Waals surface area contributed by atoms with Gasteiger partial charge in [0.1, 0.15) is 5.15 Å². The van der Waals surface area contributed by atoms with Gasteiger partial charge < -0.3 is 10.5 Å². The third-order valence-corrected chi connectivity index (χ3v) is 2.19. The molecule has 2 atom stereocenters. The van der Waals surface area contributed by atoms with Crippen molar-refractivity contribution in [2.45, 2.75) is 19.1 Å². The molecule has 1 heterocycles. The number of pyridine rings is 1. The van der Waals surface area contributed by atoms with Crippen LogP contribution in [0.2, 0.25) is 5.15 Å². The molecule has 0 aliphatic carbocycles. The molecule has 96 valence electrons. The molecule has 0 aromatic carbocycles. The predicted octanol–water partition coefficient (Wildman–Crippen LogP) is 2.06. The Bertz CT molecular complexity index is 362. The van der Waals surface area contributed by atoms with Gasteiger partial charge in [0.2, 0.25) is 6.17 Å². The number of esters is 1. The van der Waals surface area contributed by atoms with Crippen molar-refractivity contribution in [3.63, 3.8) is 0 Å². The van der Waals surface area contributed by atoms with E-state index in [1.165, 1.54) is 18.3 Å². The molecule has 0 spiro atoms. The van der Waals surface area contributed by atoms with Crippen molar-refractivity contribution in [3.05, 3.63) is 29.0 Å². The Morgan fingerprint density at radius 2 is 2.29 bits per heavy atom. The lowest BCUT2D eigenvalue weighted by Gasteiger charge is -2.15. The Kier molecular flexibility index (Phi) is 7.03. The molecule has 1 aromatic heterocycles. The predicted molar refractivity (Wildman–Crippen MR) is 65.0 cm³/mol. The normalized spacial score (nSPS) is 13.4. The maximum atomic E-state index is 13.5. The molecule has 4 nitrogen and oxygen atoms in total. The minimum absolute atomic E-state index is 0. The molecule has 2 N–H and O–H groups in total. The molecule has 1 rings (SSSR count). The summed E-state index contributed by atoms with van der Waals surface area (Å²) >= 11 is 5.57. The third-order valence-electron chi connectivity index (χ3n) is 1.96. The third kappa shape index (κ3) is 4.46. The van der Waals surface area contributed by atoms with Gasteiger partial charge in [-0.15, -0.1) is 12.4 Å². The number of rotatable bonds is 4. The van der Waals surface area contributed by atoms with Gasteiger partial charge in [-0.2, -0.15) is 0 Å².